The molecule has 15 nitrogen and oxygen atoms in total. The Morgan fingerprint density at radius 1 is 0.373 bits per heavy atom. The number of amides is 3. The second kappa shape index (κ2) is 30.1. The normalized spacial score (nSPS) is 11.6. The molecule has 6 heterocycles. The van der Waals surface area contributed by atoms with Crippen molar-refractivity contribution in [1.82, 2.24) is 29.9 Å². The lowest BCUT2D eigenvalue weighted by Gasteiger charge is -2.12. The van der Waals surface area contributed by atoms with Gasteiger partial charge < -0.3 is 30.9 Å². The number of nitrogens with one attached hydrogen (secondary N) is 6. The number of anilines is 3. The Kier molecular flexibility index (Phi) is 21.3. The largest absolute Gasteiger partial charge is 0.416 e. The van der Waals surface area contributed by atoms with Crippen molar-refractivity contribution < 1.29 is 53.9 Å². The Morgan fingerprint density at radius 3 is 1.26 bits per heavy atom. The van der Waals surface area contributed by atoms with Gasteiger partial charge in [0, 0.05) is 97.8 Å². The number of halogens is 9. The average molecular weight is 1390 g/mol. The quantitative estimate of drug-likeness (QED) is 0.0565. The molecule has 0 atom stereocenters. The molecule has 0 spiro atoms. The highest BCUT2D eigenvalue weighted by Gasteiger charge is 2.33. The van der Waals surface area contributed by atoms with E-state index in [9.17, 15) is 68.3 Å². The van der Waals surface area contributed by atoms with Crippen LogP contribution >= 0.6 is 0 Å². The van der Waals surface area contributed by atoms with E-state index in [2.05, 4.69) is 57.7 Å². The molecule has 0 unspecified atom stereocenters. The minimum absolute atomic E-state index is 0.0646. The van der Waals surface area contributed by atoms with Crippen LogP contribution < -0.4 is 32.6 Å². The third-order valence-electron chi connectivity index (χ3n) is 15.6. The molecule has 0 aliphatic carbocycles. The number of aromatic nitrogens is 6. The van der Waals surface area contributed by atoms with Crippen LogP contribution in [0.4, 0.5) is 56.6 Å². The Balaban J connectivity index is 0.000000165. The summed E-state index contributed by atoms with van der Waals surface area (Å²) in [5.41, 5.74) is 7.59. The average Bonchev–Trinajstić information content (AvgIpc) is 0.840. The summed E-state index contributed by atoms with van der Waals surface area (Å²) < 4.78 is 118. The molecule has 6 aromatic carbocycles. The lowest BCUT2D eigenvalue weighted by Crippen LogP contribution is -2.14. The van der Waals surface area contributed by atoms with Crippen LogP contribution in [0, 0.1) is 53.4 Å². The maximum absolute atomic E-state index is 13.1. The van der Waals surface area contributed by atoms with Crippen LogP contribution in [-0.2, 0) is 18.5 Å². The van der Waals surface area contributed by atoms with E-state index < -0.39 is 52.9 Å². The molecule has 3 amide bonds. The van der Waals surface area contributed by atoms with Crippen molar-refractivity contribution in [2.24, 2.45) is 0 Å². The minimum atomic E-state index is -4.54. The van der Waals surface area contributed by atoms with Gasteiger partial charge in [0.15, 0.2) is 0 Å². The molecule has 12 rings (SSSR count). The van der Waals surface area contributed by atoms with Crippen molar-refractivity contribution in [3.05, 3.63) is 314 Å². The van der Waals surface area contributed by atoms with E-state index in [1.54, 1.807) is 98.3 Å². The number of H-pyrrole nitrogens is 3. The number of hydrogen-bond acceptors (Lipinski definition) is 9. The van der Waals surface area contributed by atoms with Crippen LogP contribution in [0.2, 0.25) is 0 Å². The molecule has 24 heteroatoms. The molecule has 6 N–H and O–H groups in total. The first kappa shape index (κ1) is 72.0. The van der Waals surface area contributed by atoms with Crippen LogP contribution in [0.25, 0.3) is 57.4 Å². The summed E-state index contributed by atoms with van der Waals surface area (Å²) in [6.45, 7) is 10.2. The van der Waals surface area contributed by atoms with Gasteiger partial charge in [-0.15, -0.1) is 0 Å². The lowest BCUT2D eigenvalue weighted by molar-refractivity contribution is -0.138. The van der Waals surface area contributed by atoms with E-state index in [0.717, 1.165) is 91.5 Å². The van der Waals surface area contributed by atoms with Gasteiger partial charge in [-0.1, -0.05) is 54.3 Å². The monoisotopic (exact) mass is 1390 g/mol. The molecular formula is C78H58F9N9O6. The summed E-state index contributed by atoms with van der Waals surface area (Å²) in [5, 5.41) is 10.2. The number of fused-ring (bicyclic) bond motifs is 3. The number of alkyl halides is 9. The van der Waals surface area contributed by atoms with Gasteiger partial charge in [0.25, 0.3) is 17.7 Å². The summed E-state index contributed by atoms with van der Waals surface area (Å²) in [7, 11) is 0. The second-order valence-electron chi connectivity index (χ2n) is 23.8. The zero-order chi connectivity index (χ0) is 73.4. The van der Waals surface area contributed by atoms with Gasteiger partial charge in [-0.05, 0) is 225 Å². The molecule has 6 aromatic heterocycles. The fourth-order valence-electron chi connectivity index (χ4n) is 10.4. The van der Waals surface area contributed by atoms with Gasteiger partial charge in [-0.25, -0.2) is 15.0 Å². The zero-order valence-corrected chi connectivity index (χ0v) is 54.8. The van der Waals surface area contributed by atoms with E-state index >= 15 is 0 Å². The van der Waals surface area contributed by atoms with Crippen molar-refractivity contribution in [1.29, 1.82) is 0 Å². The van der Waals surface area contributed by atoms with Gasteiger partial charge in [-0.2, -0.15) is 39.5 Å². The van der Waals surface area contributed by atoms with E-state index in [1.807, 2.05) is 63.3 Å². The van der Waals surface area contributed by atoms with Crippen LogP contribution in [-0.4, -0.2) is 47.6 Å². The maximum atomic E-state index is 13.1. The van der Waals surface area contributed by atoms with Crippen molar-refractivity contribution in [2.45, 2.75) is 60.1 Å². The van der Waals surface area contributed by atoms with Gasteiger partial charge in [0.05, 0.1) is 16.7 Å². The topological polar surface area (TPSA) is 225 Å². The molecule has 0 saturated carbocycles. The van der Waals surface area contributed by atoms with Crippen LogP contribution in [0.1, 0.15) is 115 Å². The number of carbonyl (C=O) groups is 3. The molecule has 12 aromatic rings. The molecule has 0 saturated heterocycles. The molecule has 0 bridgehead atoms. The Morgan fingerprint density at radius 2 is 0.775 bits per heavy atom. The first-order chi connectivity index (χ1) is 48.2. The molecule has 0 radical (unpaired) electrons. The van der Waals surface area contributed by atoms with Gasteiger partial charge in [0.1, 0.15) is 16.9 Å². The number of pyridine rings is 6. The van der Waals surface area contributed by atoms with E-state index in [4.69, 9.17) is 0 Å². The summed E-state index contributed by atoms with van der Waals surface area (Å²) in [6.07, 6.45) is -1.41. The SMILES string of the molecule is Cc1cc(C(=O)Nc2ccc(C)c(/C=C/c3cnc4[nH]c(=O)ccc4c3)c2)cc(C(F)(F)F)c1.Cc1cc(C(=O)Nc2ccc(C)c(C#Cc3cnc4[nH]c(=O)ccc4c3)c2)cc(C(F)(F)F)c1.Cc1cc(NC(=O)c2ccc(C)c(/C=C/c3cnc4[nH]c(=O)ccc4c3)c2)cc(C(F)(F)F)c1. The van der Waals surface area contributed by atoms with Crippen LogP contribution in [0.3, 0.4) is 0 Å². The highest BCUT2D eigenvalue weighted by atomic mass is 19.4. The van der Waals surface area contributed by atoms with Crippen molar-refractivity contribution in [2.75, 3.05) is 16.0 Å². The van der Waals surface area contributed by atoms with Crippen molar-refractivity contribution in [3.63, 3.8) is 0 Å². The maximum Gasteiger partial charge on any atom is 0.416 e. The number of benzene rings is 6. The van der Waals surface area contributed by atoms with Crippen molar-refractivity contribution in [3.8, 4) is 11.8 Å². The van der Waals surface area contributed by atoms with E-state index in [0.29, 0.717) is 61.7 Å². The standard InChI is InChI=1S/C26H20F3N3O2.C26H18F3N3O2.C26H20F3N3O2/c2*1-15-9-20(12-21(10-15)26(27,28)29)25(34)31-22-7-3-16(2)18(13-22)5-4-17-11-19-6-8-23(33)32-24(19)30-14-17;1-15-9-21(26(27,28)29)13-22(10-15)31-25(34)20-5-3-16(2)18(12-20)6-4-17-11-19-7-8-23(33)32-24(19)30-14-17/h3-14H,1-2H3,(H,31,34)(H,30,32,33);3,6-14H,1-2H3,(H,31,34)(H,30,32,33);3-14H,1-2H3,(H,31,34)(H,30,32,33)/b5-4+;;6-4+. The van der Waals surface area contributed by atoms with Gasteiger partial charge in [-0.3, -0.25) is 28.8 Å². The zero-order valence-electron chi connectivity index (χ0n) is 54.8. The Hall–Kier alpha value is -12.8. The molecule has 514 valence electrons. The molecule has 102 heavy (non-hydrogen) atoms. The molecule has 0 aliphatic heterocycles. The Labute approximate surface area is 575 Å². The van der Waals surface area contributed by atoms with Gasteiger partial charge in [0.2, 0.25) is 16.7 Å². The Bertz CT molecular complexity index is 5610. The molecular weight excluding hydrogens is 1330 g/mol. The van der Waals surface area contributed by atoms with Crippen LogP contribution in [0.5, 0.6) is 0 Å². The first-order valence-corrected chi connectivity index (χ1v) is 30.9. The predicted octanol–water partition coefficient (Wildman–Crippen LogP) is 17.2. The highest BCUT2D eigenvalue weighted by molar-refractivity contribution is 6.06. The summed E-state index contributed by atoms with van der Waals surface area (Å²) in [4.78, 5) is 92.9. The predicted molar refractivity (Wildman–Crippen MR) is 377 cm³/mol. The fraction of sp³-hybridized carbons (Fsp3) is 0.115. The van der Waals surface area contributed by atoms with E-state index in [1.165, 1.54) is 50.2 Å². The summed E-state index contributed by atoms with van der Waals surface area (Å²) in [5.74, 6) is 4.26. The molecule has 0 aliphatic rings. The fourth-order valence-corrected chi connectivity index (χ4v) is 10.4. The number of hydrogen-bond donors (Lipinski definition) is 6. The number of nitrogens with zero attached hydrogens (tertiary/aromatic N) is 3. The summed E-state index contributed by atoms with van der Waals surface area (Å²) >= 11 is 0. The highest BCUT2D eigenvalue weighted by Crippen LogP contribution is 2.35. The van der Waals surface area contributed by atoms with Gasteiger partial charge >= 0.3 is 18.5 Å². The van der Waals surface area contributed by atoms with E-state index in [-0.39, 0.29) is 33.5 Å². The second-order valence-corrected chi connectivity index (χ2v) is 23.8. The number of aromatic amines is 3. The van der Waals surface area contributed by atoms with Crippen molar-refractivity contribution >= 4 is 92.2 Å². The minimum Gasteiger partial charge on any atom is -0.322 e. The van der Waals surface area contributed by atoms with Crippen LogP contribution in [0.15, 0.2) is 197 Å². The number of rotatable bonds is 10. The number of carbonyl (C=O) groups excluding carboxylic acids is 3. The number of aryl methyl sites for hydroxylation is 6. The third-order valence-corrected chi connectivity index (χ3v) is 15.6. The summed E-state index contributed by atoms with van der Waals surface area (Å²) in [6, 6.07) is 40.2. The lowest BCUT2D eigenvalue weighted by atomic mass is 10.0. The third kappa shape index (κ3) is 18.9. The smallest absolute Gasteiger partial charge is 0.322 e. The first-order valence-electron chi connectivity index (χ1n) is 30.9. The molecule has 0 fully saturated rings.